The second-order valence-electron chi connectivity index (χ2n) is 6.54. The Bertz CT molecular complexity index is 504. The van der Waals surface area contributed by atoms with E-state index in [1.807, 2.05) is 6.07 Å². The molecule has 0 radical (unpaired) electrons. The Kier molecular flexibility index (Phi) is 4.72. The summed E-state index contributed by atoms with van der Waals surface area (Å²) in [5.41, 5.74) is 2.52. The van der Waals surface area contributed by atoms with Crippen LogP contribution in [0.3, 0.4) is 0 Å². The summed E-state index contributed by atoms with van der Waals surface area (Å²) >= 11 is 6.27. The van der Waals surface area contributed by atoms with E-state index in [-0.39, 0.29) is 0 Å². The fraction of sp³-hybridized carbons (Fsp3) is 0.647. The van der Waals surface area contributed by atoms with Gasteiger partial charge in [-0.2, -0.15) is 0 Å². The van der Waals surface area contributed by atoms with Crippen molar-refractivity contribution in [1.82, 2.24) is 10.2 Å². The molecule has 1 aromatic carbocycles. The predicted octanol–water partition coefficient (Wildman–Crippen LogP) is 3.09. The monoisotopic (exact) mass is 308 g/mol. The first-order valence-electron chi connectivity index (χ1n) is 8.03. The molecule has 1 atom stereocenters. The highest BCUT2D eigenvalue weighted by atomic mass is 35.5. The molecule has 2 aliphatic rings. The van der Waals surface area contributed by atoms with Crippen molar-refractivity contribution in [2.45, 2.75) is 39.3 Å². The lowest BCUT2D eigenvalue weighted by Gasteiger charge is -2.27. The number of fused-ring (bicyclic) bond motifs is 1. The van der Waals surface area contributed by atoms with Crippen molar-refractivity contribution in [1.29, 1.82) is 0 Å². The summed E-state index contributed by atoms with van der Waals surface area (Å²) in [5, 5.41) is 4.50. The molecule has 0 amide bonds. The highest BCUT2D eigenvalue weighted by molar-refractivity contribution is 6.30. The highest BCUT2D eigenvalue weighted by Gasteiger charge is 2.23. The molecule has 2 heterocycles. The Morgan fingerprint density at radius 2 is 2.29 bits per heavy atom. The van der Waals surface area contributed by atoms with Gasteiger partial charge in [-0.05, 0) is 43.1 Å². The number of hydrogen-bond donors (Lipinski definition) is 1. The van der Waals surface area contributed by atoms with E-state index in [1.54, 1.807) is 0 Å². The molecule has 0 bridgehead atoms. The smallest absolute Gasteiger partial charge is 0.127 e. The number of nitrogens with one attached hydrogen (secondary N) is 1. The van der Waals surface area contributed by atoms with Crippen molar-refractivity contribution in [3.05, 3.63) is 28.3 Å². The molecule has 3 rings (SSSR count). The van der Waals surface area contributed by atoms with Crippen molar-refractivity contribution in [3.8, 4) is 5.75 Å². The summed E-state index contributed by atoms with van der Waals surface area (Å²) in [6.07, 6.45) is 2.19. The van der Waals surface area contributed by atoms with Gasteiger partial charge in [0.05, 0.1) is 6.61 Å². The van der Waals surface area contributed by atoms with Crippen LogP contribution in [0.2, 0.25) is 5.02 Å². The molecule has 116 valence electrons. The van der Waals surface area contributed by atoms with Crippen LogP contribution in [0.15, 0.2) is 12.1 Å². The van der Waals surface area contributed by atoms with Gasteiger partial charge in [0.2, 0.25) is 0 Å². The standard InChI is InChI=1S/C17H25ClN2O/c1-12(2)16-11-20(6-3-5-19-16)10-14-9-15(18)8-13-4-7-21-17(13)14/h8-9,12,16,19H,3-7,10-11H2,1-2H3. The van der Waals surface area contributed by atoms with Gasteiger partial charge in [0.15, 0.2) is 0 Å². The molecule has 0 saturated carbocycles. The molecule has 0 spiro atoms. The Morgan fingerprint density at radius 3 is 3.10 bits per heavy atom. The lowest BCUT2D eigenvalue weighted by atomic mass is 10.0. The Morgan fingerprint density at radius 1 is 1.43 bits per heavy atom. The average Bonchev–Trinajstić information content (AvgIpc) is 2.77. The van der Waals surface area contributed by atoms with Crippen LogP contribution in [0.25, 0.3) is 0 Å². The number of ether oxygens (including phenoxy) is 1. The largest absolute Gasteiger partial charge is 0.493 e. The van der Waals surface area contributed by atoms with Crippen molar-refractivity contribution < 1.29 is 4.74 Å². The van der Waals surface area contributed by atoms with Crippen LogP contribution in [0, 0.1) is 5.92 Å². The van der Waals surface area contributed by atoms with E-state index in [0.717, 1.165) is 50.0 Å². The van der Waals surface area contributed by atoms with Gasteiger partial charge in [-0.15, -0.1) is 0 Å². The summed E-state index contributed by atoms with van der Waals surface area (Å²) in [4.78, 5) is 2.54. The molecule has 2 aliphatic heterocycles. The molecular weight excluding hydrogens is 284 g/mol. The summed E-state index contributed by atoms with van der Waals surface area (Å²) in [7, 11) is 0. The van der Waals surface area contributed by atoms with Crippen LogP contribution in [-0.4, -0.2) is 37.2 Å². The van der Waals surface area contributed by atoms with Crippen molar-refractivity contribution in [3.63, 3.8) is 0 Å². The van der Waals surface area contributed by atoms with E-state index < -0.39 is 0 Å². The quantitative estimate of drug-likeness (QED) is 0.928. The second-order valence-corrected chi connectivity index (χ2v) is 6.98. The van der Waals surface area contributed by atoms with E-state index in [9.17, 15) is 0 Å². The van der Waals surface area contributed by atoms with Gasteiger partial charge in [-0.3, -0.25) is 4.90 Å². The maximum absolute atomic E-state index is 6.27. The lowest BCUT2D eigenvalue weighted by Crippen LogP contribution is -2.41. The van der Waals surface area contributed by atoms with Gasteiger partial charge in [-0.25, -0.2) is 0 Å². The maximum atomic E-state index is 6.27. The number of hydrogen-bond acceptors (Lipinski definition) is 3. The van der Waals surface area contributed by atoms with Gasteiger partial charge < -0.3 is 10.1 Å². The van der Waals surface area contributed by atoms with Crippen LogP contribution in [0.1, 0.15) is 31.4 Å². The Hall–Kier alpha value is -0.770. The SMILES string of the molecule is CC(C)C1CN(Cc2cc(Cl)cc3c2OCC3)CCCN1. The topological polar surface area (TPSA) is 24.5 Å². The zero-order valence-electron chi connectivity index (χ0n) is 13.0. The predicted molar refractivity (Wildman–Crippen MR) is 87.2 cm³/mol. The lowest BCUT2D eigenvalue weighted by molar-refractivity contribution is 0.235. The normalized spacial score (nSPS) is 23.0. The summed E-state index contributed by atoms with van der Waals surface area (Å²) < 4.78 is 5.83. The van der Waals surface area contributed by atoms with Gasteiger partial charge in [-0.1, -0.05) is 25.4 Å². The van der Waals surface area contributed by atoms with Crippen LogP contribution >= 0.6 is 11.6 Å². The van der Waals surface area contributed by atoms with Gasteiger partial charge in [0.1, 0.15) is 5.75 Å². The zero-order chi connectivity index (χ0) is 14.8. The Balaban J connectivity index is 1.76. The summed E-state index contributed by atoms with van der Waals surface area (Å²) in [5.74, 6) is 1.74. The number of halogens is 1. The third-order valence-electron chi connectivity index (χ3n) is 4.54. The third-order valence-corrected chi connectivity index (χ3v) is 4.75. The number of benzene rings is 1. The first-order chi connectivity index (χ1) is 10.1. The number of nitrogens with zero attached hydrogens (tertiary/aromatic N) is 1. The summed E-state index contributed by atoms with van der Waals surface area (Å²) in [6, 6.07) is 4.70. The van der Waals surface area contributed by atoms with E-state index in [0.29, 0.717) is 12.0 Å². The highest BCUT2D eigenvalue weighted by Crippen LogP contribution is 2.33. The molecular formula is C17H25ClN2O. The first-order valence-corrected chi connectivity index (χ1v) is 8.41. The van der Waals surface area contributed by atoms with Gasteiger partial charge in [0, 0.05) is 36.1 Å². The van der Waals surface area contributed by atoms with Gasteiger partial charge >= 0.3 is 0 Å². The van der Waals surface area contributed by atoms with Gasteiger partial charge in [0.25, 0.3) is 0 Å². The molecule has 3 nitrogen and oxygen atoms in total. The minimum Gasteiger partial charge on any atom is -0.493 e. The Labute approximate surface area is 132 Å². The maximum Gasteiger partial charge on any atom is 0.127 e. The molecule has 1 fully saturated rings. The first kappa shape index (κ1) is 15.1. The fourth-order valence-electron chi connectivity index (χ4n) is 3.32. The van der Waals surface area contributed by atoms with E-state index in [1.165, 1.54) is 17.5 Å². The summed E-state index contributed by atoms with van der Waals surface area (Å²) in [6.45, 7) is 9.66. The molecule has 0 aliphatic carbocycles. The molecule has 21 heavy (non-hydrogen) atoms. The van der Waals surface area contributed by atoms with Crippen LogP contribution < -0.4 is 10.1 Å². The minimum absolute atomic E-state index is 0.570. The molecule has 1 unspecified atom stereocenters. The molecule has 4 heteroatoms. The fourth-order valence-corrected chi connectivity index (χ4v) is 3.58. The van der Waals surface area contributed by atoms with E-state index >= 15 is 0 Å². The van der Waals surface area contributed by atoms with Crippen LogP contribution in [-0.2, 0) is 13.0 Å². The van der Waals surface area contributed by atoms with Crippen molar-refractivity contribution in [2.75, 3.05) is 26.2 Å². The van der Waals surface area contributed by atoms with Crippen molar-refractivity contribution in [2.24, 2.45) is 5.92 Å². The van der Waals surface area contributed by atoms with Crippen LogP contribution in [0.5, 0.6) is 5.75 Å². The third kappa shape index (κ3) is 3.53. The molecule has 1 N–H and O–H groups in total. The number of rotatable bonds is 3. The zero-order valence-corrected chi connectivity index (χ0v) is 13.7. The van der Waals surface area contributed by atoms with Crippen molar-refractivity contribution >= 4 is 11.6 Å². The van der Waals surface area contributed by atoms with E-state index in [4.69, 9.17) is 16.3 Å². The van der Waals surface area contributed by atoms with E-state index in [2.05, 4.69) is 30.1 Å². The minimum atomic E-state index is 0.570. The average molecular weight is 309 g/mol. The van der Waals surface area contributed by atoms with Crippen LogP contribution in [0.4, 0.5) is 0 Å². The molecule has 0 aromatic heterocycles. The molecule has 1 aromatic rings. The second kappa shape index (κ2) is 6.55. The molecule has 1 saturated heterocycles.